The van der Waals surface area contributed by atoms with Gasteiger partial charge in [0.25, 0.3) is 0 Å². The Hall–Kier alpha value is -5.92. The molecule has 57 heavy (non-hydrogen) atoms. The van der Waals surface area contributed by atoms with Crippen molar-refractivity contribution >= 4 is 35.9 Å². The van der Waals surface area contributed by atoms with Gasteiger partial charge in [0.2, 0.25) is 11.8 Å². The van der Waals surface area contributed by atoms with Crippen LogP contribution in [-0.2, 0) is 44.7 Å². The molecule has 0 aromatic heterocycles. The molecular formula is C43H54N4O10. The Morgan fingerprint density at radius 3 is 1.86 bits per heavy atom. The summed E-state index contributed by atoms with van der Waals surface area (Å²) in [4.78, 5) is 77.6. The lowest BCUT2D eigenvalue weighted by Gasteiger charge is -2.25. The van der Waals surface area contributed by atoms with E-state index < -0.39 is 72.2 Å². The lowest BCUT2D eigenvalue weighted by Crippen LogP contribution is -2.52. The molecule has 1 aliphatic carbocycles. The third-order valence-corrected chi connectivity index (χ3v) is 8.59. The summed E-state index contributed by atoms with van der Waals surface area (Å²) in [5.74, 6) is -3.21. The van der Waals surface area contributed by atoms with Crippen LogP contribution in [0, 0.1) is 0 Å². The summed E-state index contributed by atoms with van der Waals surface area (Å²) in [7, 11) is 0. The minimum absolute atomic E-state index is 0.0243. The number of carbonyl (C=O) groups is 6. The van der Waals surface area contributed by atoms with Gasteiger partial charge in [0, 0.05) is 12.5 Å². The molecule has 4 amide bonds. The Morgan fingerprint density at radius 2 is 1.25 bits per heavy atom. The van der Waals surface area contributed by atoms with Crippen molar-refractivity contribution < 1.29 is 47.7 Å². The molecule has 4 rings (SSSR count). The number of alkyl carbamates (subject to hydrolysis) is 2. The molecular weight excluding hydrogens is 732 g/mol. The first-order chi connectivity index (χ1) is 27.0. The van der Waals surface area contributed by atoms with Gasteiger partial charge in [-0.2, -0.15) is 0 Å². The molecule has 1 aliphatic rings. The van der Waals surface area contributed by atoms with Crippen LogP contribution in [0.3, 0.4) is 0 Å². The number of esters is 2. The largest absolute Gasteiger partial charge is 0.460 e. The van der Waals surface area contributed by atoms with Crippen LogP contribution in [0.1, 0.15) is 89.8 Å². The zero-order chi connectivity index (χ0) is 41.6. The summed E-state index contributed by atoms with van der Waals surface area (Å²) in [6.07, 6.45) is -0.972. The average Bonchev–Trinajstić information content (AvgIpc) is 3.46. The molecule has 14 nitrogen and oxygen atoms in total. The fourth-order valence-corrected chi connectivity index (χ4v) is 6.14. The van der Waals surface area contributed by atoms with Gasteiger partial charge in [-0.3, -0.25) is 14.4 Å². The zero-order valence-electron chi connectivity index (χ0n) is 33.5. The second-order valence-corrected chi connectivity index (χ2v) is 15.7. The molecule has 306 valence electrons. The first kappa shape index (κ1) is 43.8. The van der Waals surface area contributed by atoms with Crippen LogP contribution in [0.15, 0.2) is 78.9 Å². The Bertz CT molecular complexity index is 1820. The number of amides is 4. The summed E-state index contributed by atoms with van der Waals surface area (Å²) in [6.45, 7) is 9.90. The Balaban J connectivity index is 1.31. The minimum atomic E-state index is -1.45. The van der Waals surface area contributed by atoms with Crippen molar-refractivity contribution in [1.82, 2.24) is 21.3 Å². The fourth-order valence-electron chi connectivity index (χ4n) is 6.14. The number of fused-ring (bicyclic) bond motifs is 3. The summed E-state index contributed by atoms with van der Waals surface area (Å²) in [5, 5.41) is 10.2. The molecule has 0 aliphatic heterocycles. The maximum Gasteiger partial charge on any atom is 0.407 e. The molecule has 0 heterocycles. The lowest BCUT2D eigenvalue weighted by atomic mass is 9.98. The van der Waals surface area contributed by atoms with Gasteiger partial charge in [-0.25, -0.2) is 14.4 Å². The van der Waals surface area contributed by atoms with E-state index >= 15 is 0 Å². The quantitative estimate of drug-likeness (QED) is 0.0755. The minimum Gasteiger partial charge on any atom is -0.460 e. The first-order valence-electron chi connectivity index (χ1n) is 19.1. The van der Waals surface area contributed by atoms with Crippen molar-refractivity contribution in [3.8, 4) is 11.1 Å². The van der Waals surface area contributed by atoms with Crippen LogP contribution >= 0.6 is 0 Å². The zero-order valence-corrected chi connectivity index (χ0v) is 33.5. The predicted octanol–water partition coefficient (Wildman–Crippen LogP) is 5.66. The predicted molar refractivity (Wildman–Crippen MR) is 212 cm³/mol. The number of carbonyl (C=O) groups excluding carboxylic acids is 6. The van der Waals surface area contributed by atoms with E-state index in [4.69, 9.17) is 18.9 Å². The van der Waals surface area contributed by atoms with Crippen molar-refractivity contribution in [1.29, 1.82) is 0 Å². The van der Waals surface area contributed by atoms with E-state index in [0.29, 0.717) is 12.8 Å². The maximum atomic E-state index is 13.4. The van der Waals surface area contributed by atoms with Gasteiger partial charge < -0.3 is 40.2 Å². The van der Waals surface area contributed by atoms with Crippen molar-refractivity contribution in [2.75, 3.05) is 19.7 Å². The number of hydrogen-bond acceptors (Lipinski definition) is 10. The highest BCUT2D eigenvalue weighted by Gasteiger charge is 2.32. The van der Waals surface area contributed by atoms with E-state index in [1.54, 1.807) is 41.5 Å². The van der Waals surface area contributed by atoms with Crippen molar-refractivity contribution in [3.63, 3.8) is 0 Å². The maximum absolute atomic E-state index is 13.4. The number of nitrogens with one attached hydrogen (secondary N) is 4. The molecule has 3 aromatic carbocycles. The molecule has 0 spiro atoms. The molecule has 14 heteroatoms. The van der Waals surface area contributed by atoms with E-state index in [0.717, 1.165) is 27.8 Å². The van der Waals surface area contributed by atoms with E-state index in [1.807, 2.05) is 78.9 Å². The number of unbranched alkanes of at least 4 members (excludes halogenated alkanes) is 1. The van der Waals surface area contributed by atoms with E-state index in [-0.39, 0.29) is 32.1 Å². The van der Waals surface area contributed by atoms with Crippen LogP contribution in [0.4, 0.5) is 9.59 Å². The van der Waals surface area contributed by atoms with Gasteiger partial charge in [0.15, 0.2) is 0 Å². The standard InChI is InChI=1S/C43H54N4O10/c1-42(2,3)56-37(49)24-35(47-41(53)55-27-33-31-20-12-10-18-29(31)30-19-11-13-21-32(30)33)38(50)45-25-36(48)46-34(39(51)57-43(4,5)6)22-14-15-23-44-40(52)54-26-28-16-8-7-9-17-28/h7-13,16-21,33-35H,14-15,22-27H2,1-6H3,(H,44,52)(H,45,50)(H,46,48)(H,47,53)/t34-,35-/m0/s1. The highest BCUT2D eigenvalue weighted by Crippen LogP contribution is 2.44. The van der Waals surface area contributed by atoms with Gasteiger partial charge in [-0.1, -0.05) is 78.9 Å². The van der Waals surface area contributed by atoms with Crippen LogP contribution in [0.5, 0.6) is 0 Å². The second-order valence-electron chi connectivity index (χ2n) is 15.7. The van der Waals surface area contributed by atoms with Crippen LogP contribution in [0.2, 0.25) is 0 Å². The molecule has 3 aromatic rings. The van der Waals surface area contributed by atoms with Gasteiger partial charge in [0.05, 0.1) is 13.0 Å². The smallest absolute Gasteiger partial charge is 0.407 e. The van der Waals surface area contributed by atoms with E-state index in [1.165, 1.54) is 0 Å². The summed E-state index contributed by atoms with van der Waals surface area (Å²) in [5.41, 5.74) is 3.25. The van der Waals surface area contributed by atoms with Gasteiger partial charge in [-0.15, -0.1) is 0 Å². The van der Waals surface area contributed by atoms with Gasteiger partial charge >= 0.3 is 24.1 Å². The summed E-state index contributed by atoms with van der Waals surface area (Å²) >= 11 is 0. The highest BCUT2D eigenvalue weighted by molar-refractivity contribution is 5.93. The monoisotopic (exact) mass is 786 g/mol. The highest BCUT2D eigenvalue weighted by atomic mass is 16.6. The van der Waals surface area contributed by atoms with E-state index in [9.17, 15) is 28.8 Å². The number of benzene rings is 3. The van der Waals surface area contributed by atoms with Crippen LogP contribution in [0.25, 0.3) is 11.1 Å². The van der Waals surface area contributed by atoms with Crippen molar-refractivity contribution in [2.45, 2.75) is 103 Å². The second kappa shape index (κ2) is 20.3. The topological polar surface area (TPSA) is 187 Å². The molecule has 0 saturated heterocycles. The van der Waals surface area contributed by atoms with Crippen LogP contribution < -0.4 is 21.3 Å². The van der Waals surface area contributed by atoms with Crippen LogP contribution in [-0.4, -0.2) is 78.9 Å². The number of hydrogen-bond donors (Lipinski definition) is 4. The average molecular weight is 787 g/mol. The lowest BCUT2D eigenvalue weighted by molar-refractivity contribution is -0.159. The SMILES string of the molecule is CC(C)(C)OC(=O)C[C@H](NC(=O)OCC1c2ccccc2-c2ccccc21)C(=O)NCC(=O)N[C@@H](CCCCNC(=O)OCc1ccccc1)C(=O)OC(C)(C)C. The Kier molecular flexibility index (Phi) is 15.6. The number of ether oxygens (including phenoxy) is 4. The molecule has 0 fully saturated rings. The normalized spacial score (nSPS) is 13.2. The third kappa shape index (κ3) is 14.6. The molecule has 4 N–H and O–H groups in total. The summed E-state index contributed by atoms with van der Waals surface area (Å²) < 4.78 is 21.7. The number of rotatable bonds is 17. The third-order valence-electron chi connectivity index (χ3n) is 8.59. The van der Waals surface area contributed by atoms with Gasteiger partial charge in [-0.05, 0) is 88.6 Å². The first-order valence-corrected chi connectivity index (χ1v) is 19.1. The van der Waals surface area contributed by atoms with Crippen molar-refractivity contribution in [2.24, 2.45) is 0 Å². The Labute approximate surface area is 333 Å². The van der Waals surface area contributed by atoms with E-state index in [2.05, 4.69) is 21.3 Å². The fraction of sp³-hybridized carbons (Fsp3) is 0.442. The Morgan fingerprint density at radius 1 is 0.649 bits per heavy atom. The molecule has 2 atom stereocenters. The van der Waals surface area contributed by atoms with Crippen molar-refractivity contribution in [3.05, 3.63) is 95.6 Å². The molecule has 0 unspecified atom stereocenters. The summed E-state index contributed by atoms with van der Waals surface area (Å²) in [6, 6.07) is 22.4. The molecule has 0 radical (unpaired) electrons. The van der Waals surface area contributed by atoms with Gasteiger partial charge in [0.1, 0.15) is 36.5 Å². The molecule has 0 bridgehead atoms. The molecule has 0 saturated carbocycles.